The molecule has 2 aliphatic rings. The van der Waals surface area contributed by atoms with Gasteiger partial charge in [0.2, 0.25) is 22.4 Å². The van der Waals surface area contributed by atoms with E-state index in [4.69, 9.17) is 37.4 Å². The number of aromatic nitrogens is 1. The Hall–Kier alpha value is -3.20. The smallest absolute Gasteiger partial charge is 0.387 e. The molecule has 0 spiro atoms. The summed E-state index contributed by atoms with van der Waals surface area (Å²) >= 11 is 13.5. The van der Waals surface area contributed by atoms with Crippen molar-refractivity contribution >= 4 is 56.0 Å². The number of halogens is 4. The third-order valence-corrected chi connectivity index (χ3v) is 9.04. The average molecular weight is 721 g/mol. The molecular weight excluding hydrogens is 689 g/mol. The van der Waals surface area contributed by atoms with E-state index in [0.29, 0.717) is 45.8 Å². The Morgan fingerprint density at radius 1 is 1.00 bits per heavy atom. The Labute approximate surface area is 278 Å². The first kappa shape index (κ1) is 34.1. The van der Waals surface area contributed by atoms with Crippen LogP contribution in [0.1, 0.15) is 42.9 Å². The van der Waals surface area contributed by atoms with E-state index in [1.165, 1.54) is 36.7 Å². The van der Waals surface area contributed by atoms with Crippen LogP contribution in [0, 0.1) is 11.8 Å². The highest BCUT2D eigenvalue weighted by Crippen LogP contribution is 2.40. The van der Waals surface area contributed by atoms with Gasteiger partial charge in [-0.3, -0.25) is 9.93 Å². The Bertz CT molecular complexity index is 1670. The molecule has 0 unspecified atom stereocenters. The first-order valence-electron chi connectivity index (χ1n) is 14.3. The maximum Gasteiger partial charge on any atom is 0.387 e. The Kier molecular flexibility index (Phi) is 10.9. The fourth-order valence-corrected chi connectivity index (χ4v) is 6.20. The van der Waals surface area contributed by atoms with Gasteiger partial charge in [-0.1, -0.05) is 29.3 Å². The van der Waals surface area contributed by atoms with E-state index < -0.39 is 28.0 Å². The lowest BCUT2D eigenvalue weighted by atomic mass is 10.0. The number of nitrogens with one attached hydrogen (secondary N) is 1. The van der Waals surface area contributed by atoms with Crippen LogP contribution < -0.4 is 23.7 Å². The third kappa shape index (κ3) is 10.1. The summed E-state index contributed by atoms with van der Waals surface area (Å²) in [6.07, 6.45) is 6.36. The molecule has 248 valence electrons. The topological polar surface area (TPSA) is 124 Å². The summed E-state index contributed by atoms with van der Waals surface area (Å²) < 4.78 is 75.4. The quantitative estimate of drug-likeness (QED) is 0.0722. The molecule has 1 heterocycles. The molecule has 2 aliphatic carbocycles. The standard InChI is InChI=1S/C30H31Cl2F2N2O8S2/c1-46(39,40)35-24-8-7-20(11-27(24)41-15-17-2-3-17)45-30(37)44-26(12-21-22(31)13-36(38)14-23(21)32)19-6-9-25(43-29(33)34)28(10-19)42-16-18-4-5-18/h6-11,13-14,17-18,26,29,35,38H,2-5,12,15-16H2,1H3/q+1/t26-/m0/s1. The fourth-order valence-electron chi connectivity index (χ4n) is 4.37. The lowest BCUT2D eigenvalue weighted by molar-refractivity contribution is -0.904. The second kappa shape index (κ2) is 14.7. The number of hydrogen-bond acceptors (Lipinski definition) is 9. The van der Waals surface area contributed by atoms with Gasteiger partial charge in [0, 0.05) is 21.6 Å². The van der Waals surface area contributed by atoms with Crippen LogP contribution in [0.4, 0.5) is 19.3 Å². The average Bonchev–Trinajstić information content (AvgIpc) is 3.88. The van der Waals surface area contributed by atoms with E-state index in [9.17, 15) is 27.2 Å². The summed E-state index contributed by atoms with van der Waals surface area (Å²) in [5.74, 6) is 0.859. The minimum absolute atomic E-state index is 0.0467. The number of benzene rings is 2. The van der Waals surface area contributed by atoms with Gasteiger partial charge >= 0.3 is 11.9 Å². The number of anilines is 1. The van der Waals surface area contributed by atoms with Crippen molar-refractivity contribution in [2.24, 2.45) is 11.8 Å². The summed E-state index contributed by atoms with van der Waals surface area (Å²) in [6.45, 7) is -2.36. The lowest BCUT2D eigenvalue weighted by Crippen LogP contribution is -2.29. The molecule has 2 N–H and O–H groups in total. The molecule has 0 amide bonds. The number of carbonyl (C=O) groups excluding carboxylic acids is 1. The zero-order valence-electron chi connectivity index (χ0n) is 24.5. The number of thioether (sulfide) groups is 1. The van der Waals surface area contributed by atoms with E-state index in [-0.39, 0.29) is 39.4 Å². The molecular formula is C30H31Cl2F2N2O8S2+. The molecule has 10 nitrogen and oxygen atoms in total. The van der Waals surface area contributed by atoms with Gasteiger partial charge in [-0.05, 0) is 85.2 Å². The lowest BCUT2D eigenvalue weighted by Gasteiger charge is -2.21. The van der Waals surface area contributed by atoms with Crippen LogP contribution in [-0.2, 0) is 21.2 Å². The maximum atomic E-state index is 13.4. The molecule has 5 rings (SSSR count). The summed E-state index contributed by atoms with van der Waals surface area (Å²) in [5, 5.41) is 9.27. The first-order valence-corrected chi connectivity index (χ1v) is 17.7. The van der Waals surface area contributed by atoms with Crippen molar-refractivity contribution in [2.75, 3.05) is 24.2 Å². The highest BCUT2D eigenvalue weighted by Gasteiger charge is 2.28. The molecule has 0 aliphatic heterocycles. The van der Waals surface area contributed by atoms with Gasteiger partial charge in [-0.25, -0.2) is 13.2 Å². The van der Waals surface area contributed by atoms with Gasteiger partial charge in [0.1, 0.15) is 21.9 Å². The summed E-state index contributed by atoms with van der Waals surface area (Å²) in [7, 11) is -3.59. The number of hydrogen-bond donors (Lipinski definition) is 2. The zero-order valence-corrected chi connectivity index (χ0v) is 27.6. The molecule has 0 saturated heterocycles. The summed E-state index contributed by atoms with van der Waals surface area (Å²) in [5.41, 5.74) is 0.977. The van der Waals surface area contributed by atoms with Gasteiger partial charge in [-0.15, -0.1) is 0 Å². The van der Waals surface area contributed by atoms with Crippen molar-refractivity contribution < 1.29 is 50.9 Å². The molecule has 1 aromatic heterocycles. The molecule has 16 heteroatoms. The molecule has 2 fully saturated rings. The normalized spacial score (nSPS) is 15.3. The van der Waals surface area contributed by atoms with E-state index in [1.54, 1.807) is 12.1 Å². The van der Waals surface area contributed by atoms with Crippen LogP contribution in [0.25, 0.3) is 0 Å². The van der Waals surface area contributed by atoms with Gasteiger partial charge in [0.15, 0.2) is 11.5 Å². The zero-order chi connectivity index (χ0) is 33.0. The van der Waals surface area contributed by atoms with Crippen molar-refractivity contribution in [3.8, 4) is 17.2 Å². The Morgan fingerprint density at radius 3 is 2.22 bits per heavy atom. The van der Waals surface area contributed by atoms with E-state index in [1.807, 2.05) is 0 Å². The van der Waals surface area contributed by atoms with Crippen LogP contribution in [0.3, 0.4) is 0 Å². The molecule has 0 radical (unpaired) electrons. The molecule has 46 heavy (non-hydrogen) atoms. The Morgan fingerprint density at radius 2 is 1.63 bits per heavy atom. The first-order chi connectivity index (χ1) is 21.8. The van der Waals surface area contributed by atoms with Crippen LogP contribution in [-0.4, -0.2) is 45.0 Å². The van der Waals surface area contributed by atoms with Crippen molar-refractivity contribution in [1.82, 2.24) is 0 Å². The van der Waals surface area contributed by atoms with Crippen LogP contribution in [0.15, 0.2) is 53.7 Å². The second-order valence-corrected chi connectivity index (χ2v) is 14.7. The van der Waals surface area contributed by atoms with Crippen molar-refractivity contribution in [1.29, 1.82) is 0 Å². The molecule has 0 bridgehead atoms. The van der Waals surface area contributed by atoms with E-state index in [2.05, 4.69) is 9.46 Å². The third-order valence-electron chi connectivity index (χ3n) is 7.04. The second-order valence-electron chi connectivity index (χ2n) is 11.1. The largest absolute Gasteiger partial charge is 0.491 e. The number of pyridine rings is 1. The highest BCUT2D eigenvalue weighted by atomic mass is 35.5. The Balaban J connectivity index is 1.41. The molecule has 2 saturated carbocycles. The summed E-state index contributed by atoms with van der Waals surface area (Å²) in [4.78, 5) is 13.8. The van der Waals surface area contributed by atoms with E-state index >= 15 is 0 Å². The monoisotopic (exact) mass is 719 g/mol. The van der Waals surface area contributed by atoms with Crippen molar-refractivity contribution in [2.45, 2.75) is 49.7 Å². The number of alkyl halides is 2. The van der Waals surface area contributed by atoms with Crippen molar-refractivity contribution in [3.63, 3.8) is 0 Å². The minimum Gasteiger partial charge on any atom is -0.491 e. The number of rotatable bonds is 15. The molecule has 1 atom stereocenters. The number of nitrogens with zero attached hydrogens (tertiary/aromatic N) is 1. The molecule has 2 aromatic carbocycles. The van der Waals surface area contributed by atoms with Gasteiger partial charge in [0.05, 0.1) is 25.2 Å². The highest BCUT2D eigenvalue weighted by molar-refractivity contribution is 8.13. The van der Waals surface area contributed by atoms with Gasteiger partial charge in [0.25, 0.3) is 0 Å². The van der Waals surface area contributed by atoms with Crippen molar-refractivity contribution in [3.05, 3.63) is 70.0 Å². The number of carbonyl (C=O) groups is 1. The van der Waals surface area contributed by atoms with Crippen LogP contribution in [0.5, 0.6) is 17.2 Å². The predicted octanol–water partition coefficient (Wildman–Crippen LogP) is 7.28. The number of sulfonamides is 1. The number of ether oxygens (including phenoxy) is 4. The predicted molar refractivity (Wildman–Crippen MR) is 167 cm³/mol. The fraction of sp³-hybridized carbons (Fsp3) is 0.400. The molecule has 3 aromatic rings. The van der Waals surface area contributed by atoms with Crippen LogP contribution >= 0.6 is 35.0 Å². The van der Waals surface area contributed by atoms with Gasteiger partial charge < -0.3 is 18.9 Å². The maximum absolute atomic E-state index is 13.4. The van der Waals surface area contributed by atoms with Crippen LogP contribution in [0.2, 0.25) is 10.0 Å². The SMILES string of the molecule is CS(=O)(=O)Nc1ccc(SC(=O)O[C@@H](Cc2c(Cl)c[n+](O)cc2Cl)c2ccc(OC(F)F)c(OCC3CC3)c2)cc1OCC1CC1. The van der Waals surface area contributed by atoms with Gasteiger partial charge in [-0.2, -0.15) is 8.78 Å². The summed E-state index contributed by atoms with van der Waals surface area (Å²) in [6, 6.07) is 8.83. The minimum atomic E-state index is -3.59. The van der Waals surface area contributed by atoms with E-state index in [0.717, 1.165) is 43.7 Å².